The Balaban J connectivity index is 1.56. The summed E-state index contributed by atoms with van der Waals surface area (Å²) in [6.45, 7) is 3.46. The summed E-state index contributed by atoms with van der Waals surface area (Å²) >= 11 is 0. The molecular formula is C25H34O8. The number of aliphatic hydroxyl groups excluding tert-OH is 1. The monoisotopic (exact) mass is 462 g/mol. The zero-order valence-electron chi connectivity index (χ0n) is 19.3. The van der Waals surface area contributed by atoms with E-state index in [0.717, 1.165) is 11.9 Å². The maximum Gasteiger partial charge on any atom is 0.331 e. The van der Waals surface area contributed by atoms with Crippen molar-refractivity contribution in [2.45, 2.75) is 88.6 Å². The third kappa shape index (κ3) is 2.96. The quantitative estimate of drug-likeness (QED) is 0.424. The Morgan fingerprint density at radius 2 is 1.88 bits per heavy atom. The van der Waals surface area contributed by atoms with Gasteiger partial charge in [0.25, 0.3) is 0 Å². The molecule has 0 aromatic rings. The molecule has 0 bridgehead atoms. The highest BCUT2D eigenvalue weighted by molar-refractivity contribution is 5.85. The second-order valence-corrected chi connectivity index (χ2v) is 11.4. The Hall–Kier alpha value is -1.77. The average Bonchev–Trinajstić information content (AvgIpc) is 3.24. The first kappa shape index (κ1) is 23.0. The van der Waals surface area contributed by atoms with Crippen molar-refractivity contribution in [3.8, 4) is 0 Å². The Labute approximate surface area is 193 Å². The molecule has 0 spiro atoms. The minimum Gasteiger partial charge on any atom is -0.462 e. The normalized spacial score (nSPS) is 51.0. The zero-order chi connectivity index (χ0) is 23.8. The van der Waals surface area contributed by atoms with E-state index in [1.165, 1.54) is 13.0 Å². The molecule has 33 heavy (non-hydrogen) atoms. The number of aldehydes is 1. The molecule has 0 aromatic heterocycles. The van der Waals surface area contributed by atoms with Crippen LogP contribution in [0.2, 0.25) is 0 Å². The molecule has 3 N–H and O–H groups in total. The van der Waals surface area contributed by atoms with E-state index in [9.17, 15) is 29.7 Å². The van der Waals surface area contributed by atoms with Crippen molar-refractivity contribution in [1.29, 1.82) is 0 Å². The minimum atomic E-state index is -1.28. The van der Waals surface area contributed by atoms with E-state index in [0.29, 0.717) is 38.5 Å². The Morgan fingerprint density at radius 1 is 1.15 bits per heavy atom. The number of cyclic esters (lactones) is 1. The van der Waals surface area contributed by atoms with E-state index in [2.05, 4.69) is 0 Å². The van der Waals surface area contributed by atoms with E-state index in [1.807, 2.05) is 6.92 Å². The molecule has 9 atom stereocenters. The van der Waals surface area contributed by atoms with Gasteiger partial charge < -0.3 is 29.6 Å². The van der Waals surface area contributed by atoms with Gasteiger partial charge in [0.05, 0.1) is 22.7 Å². The number of hydrogen-bond acceptors (Lipinski definition) is 8. The van der Waals surface area contributed by atoms with E-state index < -0.39 is 46.2 Å². The SMILES string of the molecule is CC(=O)O[C@H]1CC2(O)[C@@H]3CC[C@]4(O)C[C@@H](O)CC[C@]4(C=O)[C@H]3CC[C@]2(C)[C@H]1C1=CC(=O)OC1. The highest BCUT2D eigenvalue weighted by atomic mass is 16.5. The lowest BCUT2D eigenvalue weighted by molar-refractivity contribution is -0.248. The number of carbonyl (C=O) groups excluding carboxylic acids is 3. The largest absolute Gasteiger partial charge is 0.462 e. The van der Waals surface area contributed by atoms with Gasteiger partial charge in [-0.1, -0.05) is 6.92 Å². The summed E-state index contributed by atoms with van der Waals surface area (Å²) in [6, 6.07) is 0. The molecule has 182 valence electrons. The molecule has 8 heteroatoms. The fourth-order valence-electron chi connectivity index (χ4n) is 8.71. The van der Waals surface area contributed by atoms with E-state index in [-0.39, 0.29) is 37.2 Å². The van der Waals surface area contributed by atoms with Crippen molar-refractivity contribution < 1.29 is 39.2 Å². The first-order chi connectivity index (χ1) is 15.5. The van der Waals surface area contributed by atoms with Crippen molar-refractivity contribution in [2.24, 2.45) is 28.6 Å². The average molecular weight is 463 g/mol. The second kappa shape index (κ2) is 7.36. The summed E-state index contributed by atoms with van der Waals surface area (Å²) in [5.41, 5.74) is -3.46. The summed E-state index contributed by atoms with van der Waals surface area (Å²) in [5, 5.41) is 34.2. The molecule has 0 saturated heterocycles. The van der Waals surface area contributed by atoms with Crippen LogP contribution in [0.5, 0.6) is 0 Å². The van der Waals surface area contributed by atoms with Crippen LogP contribution in [0.15, 0.2) is 11.6 Å². The maximum atomic E-state index is 12.6. The topological polar surface area (TPSA) is 130 Å². The smallest absolute Gasteiger partial charge is 0.331 e. The van der Waals surface area contributed by atoms with Gasteiger partial charge in [0.1, 0.15) is 19.0 Å². The molecule has 5 aliphatic rings. The number of rotatable bonds is 3. The third-order valence-electron chi connectivity index (χ3n) is 10.1. The first-order valence-corrected chi connectivity index (χ1v) is 12.1. The number of carbonyl (C=O) groups is 3. The van der Waals surface area contributed by atoms with Gasteiger partial charge in [0.15, 0.2) is 0 Å². The molecule has 0 amide bonds. The molecule has 0 radical (unpaired) electrons. The van der Waals surface area contributed by atoms with Crippen molar-refractivity contribution in [3.63, 3.8) is 0 Å². The van der Waals surface area contributed by atoms with Gasteiger partial charge in [0.2, 0.25) is 0 Å². The van der Waals surface area contributed by atoms with Crippen LogP contribution >= 0.6 is 0 Å². The van der Waals surface area contributed by atoms with Crippen molar-refractivity contribution in [2.75, 3.05) is 6.61 Å². The van der Waals surface area contributed by atoms with Gasteiger partial charge in [-0.2, -0.15) is 0 Å². The van der Waals surface area contributed by atoms with E-state index >= 15 is 0 Å². The van der Waals surface area contributed by atoms with Crippen molar-refractivity contribution in [3.05, 3.63) is 11.6 Å². The fourth-order valence-corrected chi connectivity index (χ4v) is 8.71. The van der Waals surface area contributed by atoms with Gasteiger partial charge in [-0.05, 0) is 55.9 Å². The Kier molecular flexibility index (Phi) is 5.13. The standard InChI is InChI=1S/C25H34O8/c1-14(27)33-19-11-25(31)18-5-8-24(30)10-16(28)3-7-23(24,13-26)17(18)4-6-22(25,2)21(19)15-9-20(29)32-12-15/h9,13,16-19,21,28,30-31H,3-8,10-12H2,1-2H3/t16-,17-,18+,19-,21-,22+,23-,24-,25?/m0/s1. The summed E-state index contributed by atoms with van der Waals surface area (Å²) in [7, 11) is 0. The van der Waals surface area contributed by atoms with Crippen LogP contribution in [-0.4, -0.2) is 63.6 Å². The lowest BCUT2D eigenvalue weighted by Crippen LogP contribution is -2.68. The molecule has 5 rings (SSSR count). The molecule has 8 nitrogen and oxygen atoms in total. The van der Waals surface area contributed by atoms with Crippen LogP contribution in [0.1, 0.15) is 65.2 Å². The van der Waals surface area contributed by atoms with Crippen molar-refractivity contribution >= 4 is 18.2 Å². The molecule has 1 heterocycles. The van der Waals surface area contributed by atoms with Gasteiger partial charge in [-0.25, -0.2) is 4.79 Å². The predicted octanol–water partition coefficient (Wildman–Crippen LogP) is 1.44. The highest BCUT2D eigenvalue weighted by Crippen LogP contribution is 2.70. The first-order valence-electron chi connectivity index (χ1n) is 12.1. The summed E-state index contributed by atoms with van der Waals surface area (Å²) in [5.74, 6) is -1.73. The van der Waals surface area contributed by atoms with Gasteiger partial charge in [-0.3, -0.25) is 4.79 Å². The van der Waals surface area contributed by atoms with Crippen molar-refractivity contribution in [1.82, 2.24) is 0 Å². The fraction of sp³-hybridized carbons (Fsp3) is 0.800. The Bertz CT molecular complexity index is 914. The number of aliphatic hydroxyl groups is 3. The Morgan fingerprint density at radius 3 is 2.52 bits per heavy atom. The van der Waals surface area contributed by atoms with Crippen LogP contribution < -0.4 is 0 Å². The second-order valence-electron chi connectivity index (χ2n) is 11.4. The number of fused-ring (bicyclic) bond motifs is 5. The molecule has 1 aliphatic heterocycles. The summed E-state index contributed by atoms with van der Waals surface area (Å²) in [4.78, 5) is 36.4. The van der Waals surface area contributed by atoms with Gasteiger partial charge in [0, 0.05) is 37.2 Å². The van der Waals surface area contributed by atoms with Gasteiger partial charge >= 0.3 is 11.9 Å². The zero-order valence-corrected chi connectivity index (χ0v) is 19.3. The summed E-state index contributed by atoms with van der Waals surface area (Å²) in [6.07, 6.45) is 4.40. The molecular weight excluding hydrogens is 428 g/mol. The van der Waals surface area contributed by atoms with Crippen LogP contribution in [0.25, 0.3) is 0 Å². The van der Waals surface area contributed by atoms with Crippen LogP contribution in [0, 0.1) is 28.6 Å². The molecule has 1 unspecified atom stereocenters. The van der Waals surface area contributed by atoms with Crippen LogP contribution in [0.3, 0.4) is 0 Å². The lowest BCUT2D eigenvalue weighted by atomic mass is 9.41. The van der Waals surface area contributed by atoms with E-state index in [1.54, 1.807) is 0 Å². The predicted molar refractivity (Wildman–Crippen MR) is 115 cm³/mol. The molecule has 0 aromatic carbocycles. The molecule has 4 saturated carbocycles. The molecule has 4 fully saturated rings. The van der Waals surface area contributed by atoms with Crippen LogP contribution in [0.4, 0.5) is 0 Å². The maximum absolute atomic E-state index is 12.6. The number of ether oxygens (including phenoxy) is 2. The third-order valence-corrected chi connectivity index (χ3v) is 10.1. The minimum absolute atomic E-state index is 0.122. The van der Waals surface area contributed by atoms with E-state index in [4.69, 9.17) is 9.47 Å². The molecule has 4 aliphatic carbocycles. The van der Waals surface area contributed by atoms with Gasteiger partial charge in [-0.15, -0.1) is 0 Å². The number of esters is 2. The number of hydrogen-bond donors (Lipinski definition) is 3. The highest BCUT2D eigenvalue weighted by Gasteiger charge is 2.73. The lowest BCUT2D eigenvalue weighted by Gasteiger charge is -2.65. The van der Waals surface area contributed by atoms with Crippen LogP contribution in [-0.2, 0) is 23.9 Å². The summed E-state index contributed by atoms with van der Waals surface area (Å²) < 4.78 is 10.9.